The normalized spacial score (nSPS) is 13.3. The second-order valence-corrected chi connectivity index (χ2v) is 8.63. The number of aromatic nitrogens is 1. The number of fused-ring (bicyclic) bond motifs is 1. The number of aliphatic hydroxyl groups is 1. The number of hydrogen-bond acceptors (Lipinski definition) is 4. The summed E-state index contributed by atoms with van der Waals surface area (Å²) in [4.78, 5) is 24.0. The van der Waals surface area contributed by atoms with Gasteiger partial charge in [-0.25, -0.2) is 0 Å². The topological polar surface area (TPSA) is 68.5 Å². The van der Waals surface area contributed by atoms with Crippen molar-refractivity contribution in [2.75, 3.05) is 6.61 Å². The number of ether oxygens (including phenoxy) is 1. The van der Waals surface area contributed by atoms with Crippen molar-refractivity contribution in [2.24, 2.45) is 5.41 Å². The zero-order valence-electron chi connectivity index (χ0n) is 15.2. The van der Waals surface area contributed by atoms with E-state index in [-0.39, 0.29) is 35.2 Å². The molecule has 0 radical (unpaired) electrons. The zero-order chi connectivity index (χ0) is 18.9. The van der Waals surface area contributed by atoms with E-state index in [9.17, 15) is 14.7 Å². The summed E-state index contributed by atoms with van der Waals surface area (Å²) < 4.78 is 8.48. The maximum Gasteiger partial charge on any atom is 0.199 e. The minimum absolute atomic E-state index is 0.00311. The number of nitrogens with zero attached hydrogens (tertiary/aromatic N) is 1. The average molecular weight is 457 g/mol. The van der Waals surface area contributed by atoms with E-state index in [0.717, 1.165) is 3.57 Å². The molecule has 6 heteroatoms. The van der Waals surface area contributed by atoms with Gasteiger partial charge in [-0.15, -0.1) is 0 Å². The van der Waals surface area contributed by atoms with Crippen LogP contribution in [0.25, 0.3) is 10.9 Å². The van der Waals surface area contributed by atoms with Gasteiger partial charge in [-0.1, -0.05) is 20.8 Å². The maximum atomic E-state index is 12.6. The lowest BCUT2D eigenvalue weighted by atomic mass is 9.86. The maximum absolute atomic E-state index is 12.6. The van der Waals surface area contributed by atoms with Crippen LogP contribution in [-0.2, 0) is 0 Å². The number of aliphatic hydroxyl groups excluding tert-OH is 1. The Morgan fingerprint density at radius 3 is 2.44 bits per heavy atom. The quantitative estimate of drug-likeness (QED) is 0.548. The minimum atomic E-state index is -0.305. The number of carbonyl (C=O) groups excluding carboxylic acids is 1. The summed E-state index contributed by atoms with van der Waals surface area (Å²) in [6.07, 6.45) is 2.10. The third kappa shape index (κ3) is 4.06. The molecule has 0 amide bonds. The highest BCUT2D eigenvalue weighted by Crippen LogP contribution is 2.34. The summed E-state index contributed by atoms with van der Waals surface area (Å²) in [7, 11) is 0. The molecule has 0 unspecified atom stereocenters. The molecule has 0 aliphatic heterocycles. The Morgan fingerprint density at radius 1 is 1.32 bits per heavy atom. The number of aldehydes is 1. The van der Waals surface area contributed by atoms with Gasteiger partial charge in [0.25, 0.3) is 0 Å². The fourth-order valence-corrected chi connectivity index (χ4v) is 3.43. The second kappa shape index (κ2) is 7.45. The Bertz CT molecular complexity index is 849. The van der Waals surface area contributed by atoms with Crippen molar-refractivity contribution in [3.8, 4) is 5.75 Å². The van der Waals surface area contributed by atoms with Gasteiger partial charge in [-0.2, -0.15) is 0 Å². The summed E-state index contributed by atoms with van der Waals surface area (Å²) in [5.74, 6) is 0.681. The first-order valence-electron chi connectivity index (χ1n) is 8.21. The van der Waals surface area contributed by atoms with E-state index in [2.05, 4.69) is 22.6 Å². The summed E-state index contributed by atoms with van der Waals surface area (Å²) in [6, 6.07) is 3.28. The average Bonchev–Trinajstić information content (AvgIpc) is 2.50. The van der Waals surface area contributed by atoms with Crippen LogP contribution in [0.2, 0.25) is 0 Å². The number of carbonyl (C=O) groups is 1. The molecule has 0 bridgehead atoms. The van der Waals surface area contributed by atoms with Gasteiger partial charge in [0.05, 0.1) is 33.4 Å². The van der Waals surface area contributed by atoms with Crippen LogP contribution in [0.4, 0.5) is 0 Å². The summed E-state index contributed by atoms with van der Waals surface area (Å²) in [6.45, 7) is 9.80. The van der Waals surface area contributed by atoms with Gasteiger partial charge >= 0.3 is 0 Å². The van der Waals surface area contributed by atoms with E-state index in [1.165, 1.54) is 6.20 Å². The van der Waals surface area contributed by atoms with Crippen molar-refractivity contribution in [1.82, 2.24) is 4.57 Å². The van der Waals surface area contributed by atoms with E-state index in [1.54, 1.807) is 6.07 Å². The lowest BCUT2D eigenvalue weighted by Crippen LogP contribution is -2.29. The molecule has 1 N–H and O–H groups in total. The van der Waals surface area contributed by atoms with Gasteiger partial charge in [-0.3, -0.25) is 9.59 Å². The van der Waals surface area contributed by atoms with E-state index in [0.29, 0.717) is 22.9 Å². The molecule has 0 saturated heterocycles. The van der Waals surface area contributed by atoms with E-state index in [1.807, 2.05) is 45.3 Å². The SMILES string of the molecule is CC(C)Oc1cc2c(cc1I)c(=O)c(C=O)cn2[C@H](CO)C(C)(C)C. The molecule has 1 aromatic heterocycles. The third-order valence-corrected chi connectivity index (χ3v) is 4.95. The van der Waals surface area contributed by atoms with Crippen LogP contribution in [-0.4, -0.2) is 28.7 Å². The predicted octanol–water partition coefficient (Wildman–Crippen LogP) is 3.79. The minimum Gasteiger partial charge on any atom is -0.490 e. The standard InChI is InChI=1S/C19H24INO4/c1-11(2)25-16-7-15-13(6-14(16)20)18(24)12(9-22)8-21(15)17(10-23)19(3,4)5/h6-9,11,17,23H,10H2,1-5H3/t17-/m1/s1. The first kappa shape index (κ1) is 19.9. The van der Waals surface area contributed by atoms with Crippen molar-refractivity contribution in [2.45, 2.75) is 46.8 Å². The third-order valence-electron chi connectivity index (χ3n) is 4.11. The first-order chi connectivity index (χ1) is 11.6. The van der Waals surface area contributed by atoms with Gasteiger partial charge in [0.15, 0.2) is 11.7 Å². The van der Waals surface area contributed by atoms with Gasteiger partial charge in [0.2, 0.25) is 0 Å². The molecule has 0 fully saturated rings. The fourth-order valence-electron chi connectivity index (χ4n) is 2.84. The Hall–Kier alpha value is -1.41. The number of benzene rings is 1. The molecule has 5 nitrogen and oxygen atoms in total. The molecule has 0 aliphatic rings. The molecule has 2 rings (SSSR count). The van der Waals surface area contributed by atoms with Crippen LogP contribution in [0.1, 0.15) is 51.0 Å². The molecular weight excluding hydrogens is 433 g/mol. The van der Waals surface area contributed by atoms with Gasteiger partial charge in [0, 0.05) is 17.6 Å². The molecule has 136 valence electrons. The molecule has 25 heavy (non-hydrogen) atoms. The van der Waals surface area contributed by atoms with Gasteiger partial charge in [-0.05, 0) is 47.9 Å². The van der Waals surface area contributed by atoms with Gasteiger partial charge in [0.1, 0.15) is 5.75 Å². The molecule has 1 heterocycles. The number of rotatable bonds is 5. The van der Waals surface area contributed by atoms with Gasteiger partial charge < -0.3 is 14.4 Å². The molecule has 0 aliphatic carbocycles. The molecule has 2 aromatic rings. The summed E-state index contributed by atoms with van der Waals surface area (Å²) >= 11 is 2.13. The van der Waals surface area contributed by atoms with Crippen molar-refractivity contribution in [3.63, 3.8) is 0 Å². The summed E-state index contributed by atoms with van der Waals surface area (Å²) in [5, 5.41) is 10.4. The highest BCUT2D eigenvalue weighted by atomic mass is 127. The van der Waals surface area contributed by atoms with Crippen LogP contribution in [0.3, 0.4) is 0 Å². The predicted molar refractivity (Wildman–Crippen MR) is 108 cm³/mol. The number of halogens is 1. The number of hydrogen-bond donors (Lipinski definition) is 1. The Balaban J connectivity index is 2.89. The van der Waals surface area contributed by atoms with Crippen molar-refractivity contribution < 1.29 is 14.6 Å². The number of pyridine rings is 1. The highest BCUT2D eigenvalue weighted by molar-refractivity contribution is 14.1. The molecule has 1 atom stereocenters. The van der Waals surface area contributed by atoms with Crippen molar-refractivity contribution in [3.05, 3.63) is 37.7 Å². The largest absolute Gasteiger partial charge is 0.490 e. The second-order valence-electron chi connectivity index (χ2n) is 7.47. The lowest BCUT2D eigenvalue weighted by molar-refractivity contribution is 0.111. The summed E-state index contributed by atoms with van der Waals surface area (Å²) in [5.41, 5.74) is 0.170. The van der Waals surface area contributed by atoms with Crippen LogP contribution < -0.4 is 10.2 Å². The molecule has 0 saturated carbocycles. The van der Waals surface area contributed by atoms with E-state index in [4.69, 9.17) is 4.74 Å². The van der Waals surface area contributed by atoms with E-state index >= 15 is 0 Å². The fraction of sp³-hybridized carbons (Fsp3) is 0.474. The van der Waals surface area contributed by atoms with E-state index < -0.39 is 0 Å². The molecule has 1 aromatic carbocycles. The zero-order valence-corrected chi connectivity index (χ0v) is 17.3. The first-order valence-corrected chi connectivity index (χ1v) is 9.29. The highest BCUT2D eigenvalue weighted by Gasteiger charge is 2.27. The molecular formula is C19H24INO4. The Morgan fingerprint density at radius 2 is 1.96 bits per heavy atom. The van der Waals surface area contributed by atoms with Crippen LogP contribution in [0.5, 0.6) is 5.75 Å². The van der Waals surface area contributed by atoms with Crippen LogP contribution in [0, 0.1) is 8.99 Å². The molecule has 0 spiro atoms. The van der Waals surface area contributed by atoms with Crippen molar-refractivity contribution in [1.29, 1.82) is 0 Å². The van der Waals surface area contributed by atoms with Crippen LogP contribution in [0.15, 0.2) is 23.1 Å². The smallest absolute Gasteiger partial charge is 0.199 e. The Labute approximate surface area is 161 Å². The van der Waals surface area contributed by atoms with Crippen LogP contribution >= 0.6 is 22.6 Å². The Kier molecular flexibility index (Phi) is 5.93. The van der Waals surface area contributed by atoms with Crippen molar-refractivity contribution >= 4 is 39.8 Å². The monoisotopic (exact) mass is 457 g/mol. The lowest BCUT2D eigenvalue weighted by Gasteiger charge is -2.33.